The fraction of sp³-hybridized carbons (Fsp3) is 0.200. The fourth-order valence-electron chi connectivity index (χ4n) is 2.27. The highest BCUT2D eigenvalue weighted by Gasteiger charge is 2.32. The van der Waals surface area contributed by atoms with Gasteiger partial charge in [-0.2, -0.15) is 0 Å². The van der Waals surface area contributed by atoms with Crippen molar-refractivity contribution in [2.75, 3.05) is 5.32 Å². The van der Waals surface area contributed by atoms with Gasteiger partial charge in [-0.15, -0.1) is 35.8 Å². The Morgan fingerprint density at radius 2 is 2.00 bits per heavy atom. The minimum Gasteiger partial charge on any atom is -0.404 e. The molecule has 2 heterocycles. The molecule has 144 valence electrons. The van der Waals surface area contributed by atoms with Gasteiger partial charge in [0.15, 0.2) is 10.9 Å². The van der Waals surface area contributed by atoms with Crippen LogP contribution in [0.2, 0.25) is 0 Å². The van der Waals surface area contributed by atoms with E-state index in [1.807, 2.05) is 13.8 Å². The van der Waals surface area contributed by atoms with Crippen molar-refractivity contribution < 1.29 is 22.1 Å². The first-order chi connectivity index (χ1) is 12.6. The second kappa shape index (κ2) is 7.54. The van der Waals surface area contributed by atoms with E-state index in [0.717, 1.165) is 21.6 Å². The molecule has 12 heteroatoms. The second-order valence-electron chi connectivity index (χ2n) is 5.31. The van der Waals surface area contributed by atoms with E-state index in [2.05, 4.69) is 20.0 Å². The molecule has 0 aliphatic carbocycles. The topological polar surface area (TPSA) is 90.1 Å². The van der Waals surface area contributed by atoms with Crippen molar-refractivity contribution in [1.29, 1.82) is 0 Å². The Bertz CT molecular complexity index is 1000. The number of ether oxygens (including phenoxy) is 1. The summed E-state index contributed by atoms with van der Waals surface area (Å²) in [5.74, 6) is -0.474. The first kappa shape index (κ1) is 19.7. The van der Waals surface area contributed by atoms with Crippen molar-refractivity contribution in [3.05, 3.63) is 34.3 Å². The van der Waals surface area contributed by atoms with E-state index in [1.54, 1.807) is 5.38 Å². The van der Waals surface area contributed by atoms with Crippen molar-refractivity contribution in [1.82, 2.24) is 9.97 Å². The van der Waals surface area contributed by atoms with Crippen LogP contribution in [0.4, 0.5) is 24.0 Å². The first-order valence-electron chi connectivity index (χ1n) is 7.35. The van der Waals surface area contributed by atoms with Crippen LogP contribution in [0.1, 0.15) is 10.7 Å². The Hall–Kier alpha value is -2.02. The number of nitrogens with two attached hydrogens (primary N) is 1. The zero-order chi connectivity index (χ0) is 19.8. The maximum Gasteiger partial charge on any atom is 0.573 e. The number of anilines is 2. The third-order valence-electron chi connectivity index (χ3n) is 3.29. The van der Waals surface area contributed by atoms with Crippen molar-refractivity contribution in [3.8, 4) is 16.3 Å². The Morgan fingerprint density at radius 3 is 2.59 bits per heavy atom. The molecule has 0 saturated carbocycles. The SMILES string of the molecule is Cc1nc(C)c(-c2csc(Nc3cc(S(N)=O)ccc3OC(F)(F)F)n2)s1. The number of benzene rings is 1. The third-order valence-corrected chi connectivity index (χ3v) is 5.86. The molecule has 27 heavy (non-hydrogen) atoms. The van der Waals surface area contributed by atoms with Crippen molar-refractivity contribution >= 4 is 44.5 Å². The van der Waals surface area contributed by atoms with E-state index in [-0.39, 0.29) is 10.6 Å². The quantitative estimate of drug-likeness (QED) is 0.617. The van der Waals surface area contributed by atoms with E-state index in [1.165, 1.54) is 34.8 Å². The van der Waals surface area contributed by atoms with Gasteiger partial charge in [-0.1, -0.05) is 0 Å². The molecule has 0 aliphatic heterocycles. The zero-order valence-corrected chi connectivity index (χ0v) is 16.4. The van der Waals surface area contributed by atoms with Crippen LogP contribution in [0, 0.1) is 13.8 Å². The van der Waals surface area contributed by atoms with Crippen molar-refractivity contribution in [3.63, 3.8) is 0 Å². The Morgan fingerprint density at radius 1 is 1.26 bits per heavy atom. The lowest BCUT2D eigenvalue weighted by molar-refractivity contribution is -0.274. The van der Waals surface area contributed by atoms with Gasteiger partial charge in [0.1, 0.15) is 11.0 Å². The number of thiazole rings is 2. The van der Waals surface area contributed by atoms with Gasteiger partial charge in [-0.05, 0) is 32.0 Å². The van der Waals surface area contributed by atoms with Crippen LogP contribution in [-0.4, -0.2) is 20.5 Å². The van der Waals surface area contributed by atoms with Gasteiger partial charge in [0.25, 0.3) is 0 Å². The van der Waals surface area contributed by atoms with Gasteiger partial charge in [-0.3, -0.25) is 0 Å². The third kappa shape index (κ3) is 4.83. The van der Waals surface area contributed by atoms with Crippen LogP contribution in [0.3, 0.4) is 0 Å². The molecule has 0 fully saturated rings. The van der Waals surface area contributed by atoms with E-state index in [0.29, 0.717) is 10.8 Å². The van der Waals surface area contributed by atoms with Crippen LogP contribution >= 0.6 is 22.7 Å². The smallest absolute Gasteiger partial charge is 0.404 e. The number of hydrogen-bond donors (Lipinski definition) is 2. The minimum atomic E-state index is -4.87. The molecule has 3 rings (SSSR count). The predicted molar refractivity (Wildman–Crippen MR) is 99.7 cm³/mol. The van der Waals surface area contributed by atoms with E-state index in [4.69, 9.17) is 5.14 Å². The monoisotopic (exact) mass is 434 g/mol. The second-order valence-corrected chi connectivity index (χ2v) is 8.44. The van der Waals surface area contributed by atoms with E-state index in [9.17, 15) is 17.4 Å². The molecule has 0 saturated heterocycles. The van der Waals surface area contributed by atoms with Gasteiger partial charge >= 0.3 is 6.36 Å². The molecule has 0 bridgehead atoms. The molecule has 1 atom stereocenters. The molecule has 2 aromatic heterocycles. The molecule has 0 radical (unpaired) electrons. The normalized spacial score (nSPS) is 12.8. The summed E-state index contributed by atoms with van der Waals surface area (Å²) in [4.78, 5) is 9.77. The molecule has 1 unspecified atom stereocenters. The number of hydrogen-bond acceptors (Lipinski definition) is 7. The highest BCUT2D eigenvalue weighted by atomic mass is 32.2. The minimum absolute atomic E-state index is 0.0401. The van der Waals surface area contributed by atoms with Gasteiger partial charge < -0.3 is 10.1 Å². The van der Waals surface area contributed by atoms with E-state index < -0.39 is 23.1 Å². The van der Waals surface area contributed by atoms with Crippen molar-refractivity contribution in [2.45, 2.75) is 25.1 Å². The first-order valence-corrected chi connectivity index (χ1v) is 10.3. The lowest BCUT2D eigenvalue weighted by Crippen LogP contribution is -2.18. The van der Waals surface area contributed by atoms with Gasteiger partial charge in [-0.25, -0.2) is 19.3 Å². The molecule has 0 amide bonds. The van der Waals surface area contributed by atoms with Crippen LogP contribution in [0.25, 0.3) is 10.6 Å². The summed E-state index contributed by atoms with van der Waals surface area (Å²) in [5.41, 5.74) is 1.46. The van der Waals surface area contributed by atoms with Crippen LogP contribution < -0.4 is 15.2 Å². The molecule has 0 aliphatic rings. The molecular formula is C15H13F3N4O2S3. The Balaban J connectivity index is 1.93. The molecule has 3 aromatic rings. The maximum atomic E-state index is 12.6. The Labute approximate surface area is 162 Å². The lowest BCUT2D eigenvalue weighted by atomic mass is 10.3. The largest absolute Gasteiger partial charge is 0.573 e. The number of aryl methyl sites for hydroxylation is 2. The fourth-order valence-corrected chi connectivity index (χ4v) is 4.37. The predicted octanol–water partition coefficient (Wildman–Crippen LogP) is 4.51. The zero-order valence-electron chi connectivity index (χ0n) is 14.0. The van der Waals surface area contributed by atoms with Crippen molar-refractivity contribution in [2.24, 2.45) is 5.14 Å². The summed E-state index contributed by atoms with van der Waals surface area (Å²) >= 11 is 2.69. The van der Waals surface area contributed by atoms with Gasteiger partial charge in [0, 0.05) is 5.38 Å². The highest BCUT2D eigenvalue weighted by molar-refractivity contribution is 7.82. The summed E-state index contributed by atoms with van der Waals surface area (Å²) in [6, 6.07) is 3.50. The average molecular weight is 434 g/mol. The highest BCUT2D eigenvalue weighted by Crippen LogP contribution is 2.37. The number of nitrogens with one attached hydrogen (secondary N) is 1. The number of halogens is 3. The number of nitrogens with zero attached hydrogens (tertiary/aromatic N) is 2. The van der Waals surface area contributed by atoms with E-state index >= 15 is 0 Å². The summed E-state index contributed by atoms with van der Waals surface area (Å²) in [7, 11) is -1.85. The lowest BCUT2D eigenvalue weighted by Gasteiger charge is -2.14. The van der Waals surface area contributed by atoms with Gasteiger partial charge in [0.05, 0.1) is 31.9 Å². The molecular weight excluding hydrogens is 421 g/mol. The molecule has 1 aromatic carbocycles. The summed E-state index contributed by atoms with van der Waals surface area (Å²) < 4.78 is 53.4. The number of aromatic nitrogens is 2. The molecule has 6 nitrogen and oxygen atoms in total. The maximum absolute atomic E-state index is 12.6. The van der Waals surface area contributed by atoms with Crippen LogP contribution in [0.5, 0.6) is 5.75 Å². The summed E-state index contributed by atoms with van der Waals surface area (Å²) in [5, 5.41) is 11.1. The van der Waals surface area contributed by atoms with Gasteiger partial charge in [0.2, 0.25) is 0 Å². The summed E-state index contributed by atoms with van der Waals surface area (Å²) in [6.45, 7) is 3.74. The van der Waals surface area contributed by atoms with Crippen LogP contribution in [-0.2, 0) is 11.0 Å². The average Bonchev–Trinajstić information content (AvgIpc) is 3.13. The standard InChI is InChI=1S/C15H13F3N4O2S3/c1-7-13(26-8(2)20-7)11-6-25-14(22-11)21-10-5-9(27(19)23)3-4-12(10)24-15(16,17)18/h3-6H,19H2,1-2H3,(H,21,22). The Kier molecular flexibility index (Phi) is 5.51. The molecule has 0 spiro atoms. The number of alkyl halides is 3. The van der Waals surface area contributed by atoms with Crippen LogP contribution in [0.15, 0.2) is 28.5 Å². The number of rotatable bonds is 5. The summed E-state index contributed by atoms with van der Waals surface area (Å²) in [6.07, 6.45) is -4.87. The molecule has 3 N–H and O–H groups in total.